The number of amides is 1. The summed E-state index contributed by atoms with van der Waals surface area (Å²) in [4.78, 5) is 27.8. The van der Waals surface area contributed by atoms with E-state index in [1.807, 2.05) is 36.6 Å². The predicted octanol–water partition coefficient (Wildman–Crippen LogP) is 3.94. The molecule has 0 aromatic heterocycles. The number of thioether (sulfide) groups is 1. The molecule has 0 radical (unpaired) electrons. The van der Waals surface area contributed by atoms with Crippen molar-refractivity contribution < 1.29 is 35.0 Å². The molecule has 0 spiro atoms. The minimum atomic E-state index is -0.994. The first-order valence-corrected chi connectivity index (χ1v) is 15.8. The number of nitrogens with zero attached hydrogens (tertiary/aromatic N) is 1. The molecule has 0 saturated heterocycles. The molecule has 0 heterocycles. The zero-order valence-electron chi connectivity index (χ0n) is 25.5. The molecule has 1 amide bonds. The van der Waals surface area contributed by atoms with Gasteiger partial charge in [0, 0.05) is 18.7 Å². The third kappa shape index (κ3) is 10.7. The summed E-state index contributed by atoms with van der Waals surface area (Å²) in [5.74, 6) is 0.176. The Labute approximate surface area is 253 Å². The van der Waals surface area contributed by atoms with Crippen LogP contribution in [-0.2, 0) is 11.2 Å². The first-order valence-electron chi connectivity index (χ1n) is 14.4. The fraction of sp³-hybridized carbons (Fsp3) is 0.562. The van der Waals surface area contributed by atoms with Crippen LogP contribution in [0, 0.1) is 12.8 Å². The van der Waals surface area contributed by atoms with Gasteiger partial charge in [-0.05, 0) is 91.8 Å². The quantitative estimate of drug-likeness (QED) is 0.331. The Hall–Kier alpha value is -1.71. The average Bonchev–Trinajstić information content (AvgIpc) is 2.93. The molecule has 2 aromatic rings. The molecule has 0 bridgehead atoms. The fourth-order valence-corrected chi connectivity index (χ4v) is 5.94. The first-order chi connectivity index (χ1) is 18.4. The fourth-order valence-electron chi connectivity index (χ4n) is 5.47. The van der Waals surface area contributed by atoms with Crippen molar-refractivity contribution >= 4 is 23.6 Å². The van der Waals surface area contributed by atoms with Crippen molar-refractivity contribution in [2.24, 2.45) is 5.92 Å². The molecule has 1 fully saturated rings. The number of benzene rings is 2. The summed E-state index contributed by atoms with van der Waals surface area (Å²) in [6, 6.07) is 13.3. The van der Waals surface area contributed by atoms with Gasteiger partial charge in [0.25, 0.3) is 5.91 Å². The smallest absolute Gasteiger partial charge is 1.00 e. The molecule has 2 aromatic carbocycles. The van der Waals surface area contributed by atoms with E-state index in [1.54, 1.807) is 11.8 Å². The van der Waals surface area contributed by atoms with E-state index < -0.39 is 12.0 Å². The minimum absolute atomic E-state index is 0. The first kappa shape index (κ1) is 33.5. The van der Waals surface area contributed by atoms with E-state index in [0.717, 1.165) is 42.1 Å². The van der Waals surface area contributed by atoms with Gasteiger partial charge in [0.15, 0.2) is 0 Å². The van der Waals surface area contributed by atoms with E-state index in [2.05, 4.69) is 36.2 Å². The SMILES string of the molecule is CCCCN(CCc1ccc(C(=O)N[C@@H](CCSC)C(=O)O)c(-c2ccccc2C)c1)CC1CCCCC1.[H-].[Li+]. The van der Waals surface area contributed by atoms with Crippen LogP contribution in [0.5, 0.6) is 0 Å². The molecule has 0 unspecified atom stereocenters. The molecule has 2 N–H and O–H groups in total. The van der Waals surface area contributed by atoms with Gasteiger partial charge in [-0.1, -0.05) is 69.0 Å². The standard InChI is InChI=1S/C32H46N2O3S.Li.H/c1-4-5-19-34(23-26-12-7-6-8-13-26)20-17-25-15-16-28(29(22-25)27-14-10-9-11-24(27)2)31(35)33-30(32(36)37)18-21-38-3;;/h9-11,14-16,22,26,30H,4-8,12-13,17-21,23H2,1-3H3,(H,33,35)(H,36,37);;/q;+1;-1/t30-;;/m0../s1. The van der Waals surface area contributed by atoms with E-state index in [1.165, 1.54) is 57.1 Å². The number of rotatable bonds is 15. The third-order valence-electron chi connectivity index (χ3n) is 7.76. The molecule has 1 aliphatic carbocycles. The number of unbranched alkanes of at least 4 members (excludes halogenated alkanes) is 1. The van der Waals surface area contributed by atoms with Gasteiger partial charge in [-0.15, -0.1) is 0 Å². The van der Waals surface area contributed by atoms with Gasteiger partial charge in [-0.25, -0.2) is 4.79 Å². The Kier molecular flexibility index (Phi) is 15.3. The minimum Gasteiger partial charge on any atom is -1.00 e. The average molecular weight is 547 g/mol. The number of aliphatic carboxylic acids is 1. The van der Waals surface area contributed by atoms with Crippen LogP contribution in [0.25, 0.3) is 11.1 Å². The summed E-state index contributed by atoms with van der Waals surface area (Å²) in [6.45, 7) is 7.67. The number of nitrogens with one attached hydrogen (secondary N) is 1. The molecular weight excluding hydrogens is 499 g/mol. The van der Waals surface area contributed by atoms with Gasteiger partial charge in [-0.2, -0.15) is 11.8 Å². The molecule has 0 aliphatic heterocycles. The van der Waals surface area contributed by atoms with Gasteiger partial charge < -0.3 is 16.7 Å². The molecule has 39 heavy (non-hydrogen) atoms. The Morgan fingerprint density at radius 1 is 1.10 bits per heavy atom. The summed E-state index contributed by atoms with van der Waals surface area (Å²) >= 11 is 1.58. The molecule has 210 valence electrons. The number of aryl methyl sites for hydroxylation is 1. The van der Waals surface area contributed by atoms with Crippen LogP contribution in [0.2, 0.25) is 0 Å². The van der Waals surface area contributed by atoms with Gasteiger partial charge in [0.1, 0.15) is 6.04 Å². The molecular formula is C32H47LiN2O3S. The number of hydrogen-bond acceptors (Lipinski definition) is 4. The maximum atomic E-state index is 13.4. The van der Waals surface area contributed by atoms with Crippen LogP contribution >= 0.6 is 11.8 Å². The van der Waals surface area contributed by atoms with E-state index in [4.69, 9.17) is 0 Å². The molecule has 3 rings (SSSR count). The monoisotopic (exact) mass is 546 g/mol. The van der Waals surface area contributed by atoms with Crippen LogP contribution in [0.4, 0.5) is 0 Å². The van der Waals surface area contributed by atoms with E-state index in [9.17, 15) is 14.7 Å². The second kappa shape index (κ2) is 17.9. The summed E-state index contributed by atoms with van der Waals surface area (Å²) in [5, 5.41) is 12.4. The molecule has 1 atom stereocenters. The molecule has 1 aliphatic rings. The Morgan fingerprint density at radius 2 is 1.85 bits per heavy atom. The van der Waals surface area contributed by atoms with Gasteiger partial charge in [-0.3, -0.25) is 4.79 Å². The Bertz CT molecular complexity index is 1050. The number of carboxylic acids is 1. The molecule has 7 heteroatoms. The second-order valence-corrected chi connectivity index (χ2v) is 11.7. The van der Waals surface area contributed by atoms with Gasteiger partial charge in [0.2, 0.25) is 0 Å². The molecule has 1 saturated carbocycles. The zero-order valence-corrected chi connectivity index (χ0v) is 25.3. The van der Waals surface area contributed by atoms with Gasteiger partial charge >= 0.3 is 24.8 Å². The van der Waals surface area contributed by atoms with E-state index >= 15 is 0 Å². The van der Waals surface area contributed by atoms with Crippen LogP contribution in [0.1, 0.15) is 81.2 Å². The summed E-state index contributed by atoms with van der Waals surface area (Å²) < 4.78 is 0. The predicted molar refractivity (Wildman–Crippen MR) is 161 cm³/mol. The zero-order chi connectivity index (χ0) is 27.3. The van der Waals surface area contributed by atoms with Crippen LogP contribution in [0.3, 0.4) is 0 Å². The van der Waals surface area contributed by atoms with Crippen LogP contribution in [0.15, 0.2) is 42.5 Å². The maximum absolute atomic E-state index is 13.4. The number of hydrogen-bond donors (Lipinski definition) is 2. The summed E-state index contributed by atoms with van der Waals surface area (Å²) in [5.41, 5.74) is 4.73. The topological polar surface area (TPSA) is 69.6 Å². The number of carboxylic acid groups (broad SMARTS) is 1. The van der Waals surface area contributed by atoms with Gasteiger partial charge in [0.05, 0.1) is 0 Å². The Balaban J connectivity index is 0.00000400. The summed E-state index contributed by atoms with van der Waals surface area (Å²) in [6.07, 6.45) is 12.5. The molecule has 5 nitrogen and oxygen atoms in total. The summed E-state index contributed by atoms with van der Waals surface area (Å²) in [7, 11) is 0. The normalized spacial score (nSPS) is 14.6. The maximum Gasteiger partial charge on any atom is 1.00 e. The number of carbonyl (C=O) groups excluding carboxylic acids is 1. The van der Waals surface area contributed by atoms with Crippen molar-refractivity contribution in [2.45, 2.75) is 77.7 Å². The van der Waals surface area contributed by atoms with Crippen molar-refractivity contribution in [3.05, 3.63) is 59.2 Å². The largest absolute Gasteiger partial charge is 1.00 e. The van der Waals surface area contributed by atoms with E-state index in [0.29, 0.717) is 17.7 Å². The second-order valence-electron chi connectivity index (χ2n) is 10.7. The van der Waals surface area contributed by atoms with Crippen LogP contribution in [-0.4, -0.2) is 59.6 Å². The van der Waals surface area contributed by atoms with E-state index in [-0.39, 0.29) is 26.2 Å². The number of carbonyl (C=O) groups is 2. The third-order valence-corrected chi connectivity index (χ3v) is 8.41. The van der Waals surface area contributed by atoms with Crippen molar-refractivity contribution in [1.82, 2.24) is 10.2 Å². The Morgan fingerprint density at radius 3 is 2.51 bits per heavy atom. The van der Waals surface area contributed by atoms with Crippen molar-refractivity contribution in [3.8, 4) is 11.1 Å². The van der Waals surface area contributed by atoms with Crippen molar-refractivity contribution in [3.63, 3.8) is 0 Å². The van der Waals surface area contributed by atoms with Crippen molar-refractivity contribution in [2.75, 3.05) is 31.6 Å². The van der Waals surface area contributed by atoms with Crippen LogP contribution < -0.4 is 24.2 Å². The van der Waals surface area contributed by atoms with Crippen molar-refractivity contribution in [1.29, 1.82) is 0 Å².